The third kappa shape index (κ3) is 5.50. The molecular weight excluding hydrogens is 90.1 g/mol. The minimum Gasteiger partial charge on any atom is -0.429 e. The number of rotatable bonds is 3. The summed E-state index contributed by atoms with van der Waals surface area (Å²) in [6, 6.07) is 0. The van der Waals surface area contributed by atoms with Crippen LogP contribution in [0.2, 0.25) is 0 Å². The summed E-state index contributed by atoms with van der Waals surface area (Å²) in [5.41, 5.74) is 0. The van der Waals surface area contributed by atoms with Crippen LogP contribution in [0, 0.1) is 0 Å². The van der Waals surface area contributed by atoms with Gasteiger partial charge in [0.15, 0.2) is 0 Å². The van der Waals surface area contributed by atoms with E-state index in [1.54, 1.807) is 6.20 Å². The lowest BCUT2D eigenvalue weighted by atomic mass is 10.5. The van der Waals surface area contributed by atoms with Crippen molar-refractivity contribution < 1.29 is 5.11 Å². The maximum Gasteiger partial charge on any atom is 0.220 e. The maximum atomic E-state index is 6.62. The molecule has 0 aromatic heterocycles. The van der Waals surface area contributed by atoms with E-state index in [0.717, 1.165) is 6.42 Å². The molecule has 0 saturated carbocycles. The number of hydrogen-bond acceptors (Lipinski definition) is 1. The standard InChI is InChI=1S/C5H11NO/c1-2-3-4-6-5-7/h3-4,6-7H,2,5H2,1H3/p+1/b4-3+. The van der Waals surface area contributed by atoms with Crippen molar-refractivity contribution in [3.63, 3.8) is 0 Å². The molecule has 0 aliphatic carbocycles. The zero-order chi connectivity index (χ0) is 5.54. The molecule has 0 unspecified atom stereocenters. The van der Waals surface area contributed by atoms with E-state index in [1.807, 2.05) is 6.08 Å². The highest BCUT2D eigenvalue weighted by Crippen LogP contribution is 1.72. The lowest BCUT2D eigenvalue weighted by Gasteiger charge is -1.83. The molecule has 0 amide bonds. The van der Waals surface area contributed by atoms with Crippen molar-refractivity contribution >= 4 is 0 Å². The molecule has 0 rings (SSSR count). The SMILES string of the molecule is CC/C=C/NC[OH2+]. The molecule has 2 heteroatoms. The van der Waals surface area contributed by atoms with Crippen LogP contribution in [0.4, 0.5) is 0 Å². The van der Waals surface area contributed by atoms with Gasteiger partial charge in [0, 0.05) is 0 Å². The Labute approximate surface area is 43.9 Å². The van der Waals surface area contributed by atoms with Gasteiger partial charge in [0.1, 0.15) is 0 Å². The molecule has 0 aliphatic rings. The summed E-state index contributed by atoms with van der Waals surface area (Å²) in [4.78, 5) is 0. The lowest BCUT2D eigenvalue weighted by Crippen LogP contribution is -2.03. The van der Waals surface area contributed by atoms with Gasteiger partial charge < -0.3 is 10.4 Å². The first kappa shape index (κ1) is 6.50. The quantitative estimate of drug-likeness (QED) is 0.400. The molecule has 3 N–H and O–H groups in total. The van der Waals surface area contributed by atoms with E-state index in [2.05, 4.69) is 12.2 Å². The fraction of sp³-hybridized carbons (Fsp3) is 0.600. The summed E-state index contributed by atoms with van der Waals surface area (Å²) in [7, 11) is 0. The summed E-state index contributed by atoms with van der Waals surface area (Å²) < 4.78 is 0. The minimum absolute atomic E-state index is 0.274. The second kappa shape index (κ2) is 5.50. The van der Waals surface area contributed by atoms with Gasteiger partial charge in [-0.25, -0.2) is 0 Å². The largest absolute Gasteiger partial charge is 0.429 e. The highest BCUT2D eigenvalue weighted by molar-refractivity contribution is 4.75. The fourth-order valence-corrected chi connectivity index (χ4v) is 0.260. The van der Waals surface area contributed by atoms with Crippen LogP contribution in [0.25, 0.3) is 0 Å². The Hall–Kier alpha value is -0.500. The molecule has 0 heterocycles. The van der Waals surface area contributed by atoms with Crippen LogP contribution in [0.15, 0.2) is 12.3 Å². The van der Waals surface area contributed by atoms with Crippen LogP contribution in [-0.4, -0.2) is 11.8 Å². The first-order valence-electron chi connectivity index (χ1n) is 2.44. The number of nitrogens with one attached hydrogen (secondary N) is 1. The summed E-state index contributed by atoms with van der Waals surface area (Å²) in [6.07, 6.45) is 4.81. The van der Waals surface area contributed by atoms with Gasteiger partial charge in [0.25, 0.3) is 0 Å². The Morgan fingerprint density at radius 1 is 1.71 bits per heavy atom. The number of hydrogen-bond donors (Lipinski definition) is 1. The molecule has 0 spiro atoms. The van der Waals surface area contributed by atoms with Gasteiger partial charge in [-0.15, -0.1) is 0 Å². The summed E-state index contributed by atoms with van der Waals surface area (Å²) in [5.74, 6) is 0. The molecule has 42 valence electrons. The molecule has 0 aliphatic heterocycles. The van der Waals surface area contributed by atoms with E-state index in [0.29, 0.717) is 0 Å². The Morgan fingerprint density at radius 3 is 2.86 bits per heavy atom. The van der Waals surface area contributed by atoms with Crippen LogP contribution >= 0.6 is 0 Å². The topological polar surface area (TPSA) is 34.9 Å². The van der Waals surface area contributed by atoms with Crippen LogP contribution in [-0.2, 0) is 0 Å². The van der Waals surface area contributed by atoms with E-state index in [9.17, 15) is 0 Å². The van der Waals surface area contributed by atoms with E-state index in [4.69, 9.17) is 5.11 Å². The van der Waals surface area contributed by atoms with Crippen molar-refractivity contribution in [1.29, 1.82) is 0 Å². The van der Waals surface area contributed by atoms with Gasteiger partial charge in [0.2, 0.25) is 6.73 Å². The van der Waals surface area contributed by atoms with Gasteiger partial charge in [-0.3, -0.25) is 0 Å². The Kier molecular flexibility index (Phi) is 5.11. The Balaban J connectivity index is 2.78. The van der Waals surface area contributed by atoms with Gasteiger partial charge in [-0.2, -0.15) is 0 Å². The van der Waals surface area contributed by atoms with Gasteiger partial charge in [-0.05, 0) is 12.6 Å². The predicted octanol–water partition coefficient (Wildman–Crippen LogP) is 0.182. The number of allylic oxidation sites excluding steroid dienone is 1. The van der Waals surface area contributed by atoms with Gasteiger partial charge in [0.05, 0.1) is 0 Å². The average molecular weight is 102 g/mol. The van der Waals surface area contributed by atoms with Crippen LogP contribution in [0.3, 0.4) is 0 Å². The Bertz CT molecular complexity index is 52.0. The fourth-order valence-electron chi connectivity index (χ4n) is 0.260. The van der Waals surface area contributed by atoms with Crippen molar-refractivity contribution in [2.24, 2.45) is 0 Å². The Morgan fingerprint density at radius 2 is 2.43 bits per heavy atom. The highest BCUT2D eigenvalue weighted by Gasteiger charge is 1.66. The molecule has 7 heavy (non-hydrogen) atoms. The average Bonchev–Trinajstić information content (AvgIpc) is 1.69. The van der Waals surface area contributed by atoms with E-state index in [-0.39, 0.29) is 6.73 Å². The molecular formula is C5H12NO+. The molecule has 2 nitrogen and oxygen atoms in total. The van der Waals surface area contributed by atoms with Crippen molar-refractivity contribution in [1.82, 2.24) is 5.32 Å². The molecule has 0 saturated heterocycles. The van der Waals surface area contributed by atoms with Crippen LogP contribution in [0.1, 0.15) is 13.3 Å². The van der Waals surface area contributed by atoms with Crippen LogP contribution < -0.4 is 5.32 Å². The molecule has 0 aromatic rings. The second-order valence-electron chi connectivity index (χ2n) is 1.19. The first-order chi connectivity index (χ1) is 3.41. The third-order valence-corrected chi connectivity index (χ3v) is 0.573. The third-order valence-electron chi connectivity index (χ3n) is 0.573. The van der Waals surface area contributed by atoms with Crippen LogP contribution in [0.5, 0.6) is 0 Å². The van der Waals surface area contributed by atoms with E-state index in [1.165, 1.54) is 0 Å². The molecule has 0 fully saturated rings. The summed E-state index contributed by atoms with van der Waals surface area (Å²) >= 11 is 0. The van der Waals surface area contributed by atoms with Crippen molar-refractivity contribution in [3.05, 3.63) is 12.3 Å². The molecule has 0 aromatic carbocycles. The van der Waals surface area contributed by atoms with E-state index < -0.39 is 0 Å². The molecule has 0 bridgehead atoms. The predicted molar refractivity (Wildman–Crippen MR) is 31.0 cm³/mol. The van der Waals surface area contributed by atoms with Gasteiger partial charge in [-0.1, -0.05) is 13.0 Å². The smallest absolute Gasteiger partial charge is 0.220 e. The summed E-state index contributed by atoms with van der Waals surface area (Å²) in [6.45, 7) is 2.33. The first-order valence-corrected chi connectivity index (χ1v) is 2.44. The van der Waals surface area contributed by atoms with Gasteiger partial charge >= 0.3 is 0 Å². The minimum atomic E-state index is 0.274. The van der Waals surface area contributed by atoms with Crippen molar-refractivity contribution in [3.8, 4) is 0 Å². The molecule has 0 atom stereocenters. The highest BCUT2D eigenvalue weighted by atomic mass is 16.3. The van der Waals surface area contributed by atoms with Crippen molar-refractivity contribution in [2.45, 2.75) is 13.3 Å². The second-order valence-corrected chi connectivity index (χ2v) is 1.19. The van der Waals surface area contributed by atoms with E-state index >= 15 is 0 Å². The van der Waals surface area contributed by atoms with Crippen molar-refractivity contribution in [2.75, 3.05) is 6.73 Å². The lowest BCUT2D eigenvalue weighted by molar-refractivity contribution is 0.279. The zero-order valence-corrected chi connectivity index (χ0v) is 4.57. The summed E-state index contributed by atoms with van der Waals surface area (Å²) in [5, 5.41) is 9.35. The normalized spacial score (nSPS) is 10.0. The molecule has 0 radical (unpaired) electrons. The maximum absolute atomic E-state index is 6.62. The monoisotopic (exact) mass is 102 g/mol. The zero-order valence-electron chi connectivity index (χ0n) is 4.57.